The largest absolute Gasteiger partial charge is 0.466 e. The Bertz CT molecular complexity index is 261. The second-order valence-corrected chi connectivity index (χ2v) is 11.0. The smallest absolute Gasteiger partial charge is 0.330 e. The van der Waals surface area contributed by atoms with Crippen molar-refractivity contribution >= 4 is 14.3 Å². The summed E-state index contributed by atoms with van der Waals surface area (Å²) in [5.41, 5.74) is 1.68. The van der Waals surface area contributed by atoms with Crippen molar-refractivity contribution in [3.05, 3.63) is 12.2 Å². The highest BCUT2D eigenvalue weighted by atomic mass is 28.4. The molecule has 0 aromatic rings. The maximum Gasteiger partial charge on any atom is 0.330 e. The van der Waals surface area contributed by atoms with Gasteiger partial charge in [-0.2, -0.15) is 0 Å². The van der Waals surface area contributed by atoms with Crippen LogP contribution in [0.3, 0.4) is 0 Å². The fraction of sp³-hybridized carbons (Fsp3) is 0.786. The van der Waals surface area contributed by atoms with Crippen LogP contribution >= 0.6 is 0 Å². The SMILES string of the molecule is COC(=O)/C=C/CO[Si](C(C)C)(C(C)C)C(C)C. The highest BCUT2D eigenvalue weighted by Gasteiger charge is 2.44. The first-order chi connectivity index (χ1) is 8.28. The molecule has 0 fully saturated rings. The standard InChI is InChI=1S/C14H28O3Si/c1-11(2)18(12(3)4,13(5)6)17-10-8-9-14(15)16-7/h8-9,11-13H,10H2,1-7H3/b9-8+. The molecule has 0 saturated carbocycles. The molecule has 3 nitrogen and oxygen atoms in total. The van der Waals surface area contributed by atoms with Crippen LogP contribution in [0.5, 0.6) is 0 Å². The number of carbonyl (C=O) groups is 1. The Morgan fingerprint density at radius 3 is 1.83 bits per heavy atom. The van der Waals surface area contributed by atoms with E-state index in [0.717, 1.165) is 0 Å². The van der Waals surface area contributed by atoms with E-state index in [0.29, 0.717) is 23.2 Å². The first-order valence-electron chi connectivity index (χ1n) is 6.67. The molecule has 0 atom stereocenters. The molecule has 18 heavy (non-hydrogen) atoms. The van der Waals surface area contributed by atoms with Gasteiger partial charge in [0.15, 0.2) is 0 Å². The Hall–Kier alpha value is -0.613. The number of carbonyl (C=O) groups excluding carboxylic acids is 1. The van der Waals surface area contributed by atoms with Crippen LogP contribution in [0.2, 0.25) is 16.6 Å². The van der Waals surface area contributed by atoms with Gasteiger partial charge in [-0.05, 0) is 16.6 Å². The van der Waals surface area contributed by atoms with Gasteiger partial charge in [0.25, 0.3) is 0 Å². The first kappa shape index (κ1) is 17.4. The van der Waals surface area contributed by atoms with Crippen molar-refractivity contribution in [3.63, 3.8) is 0 Å². The van der Waals surface area contributed by atoms with E-state index in [9.17, 15) is 4.79 Å². The summed E-state index contributed by atoms with van der Waals surface area (Å²) in [5.74, 6) is -0.329. The summed E-state index contributed by atoms with van der Waals surface area (Å²) in [6.45, 7) is 14.0. The minimum atomic E-state index is -1.81. The normalized spacial score (nSPS) is 13.0. The molecule has 0 aromatic heterocycles. The van der Waals surface area contributed by atoms with Crippen LogP contribution in [0, 0.1) is 0 Å². The monoisotopic (exact) mass is 272 g/mol. The third-order valence-corrected chi connectivity index (χ3v) is 9.67. The van der Waals surface area contributed by atoms with Crippen molar-refractivity contribution < 1.29 is 14.0 Å². The van der Waals surface area contributed by atoms with E-state index in [4.69, 9.17) is 4.43 Å². The molecule has 0 N–H and O–H groups in total. The maximum atomic E-state index is 11.0. The second-order valence-electron chi connectivity index (χ2n) is 5.55. The lowest BCUT2D eigenvalue weighted by Gasteiger charge is -2.41. The third kappa shape index (κ3) is 4.25. The van der Waals surface area contributed by atoms with E-state index in [1.165, 1.54) is 13.2 Å². The van der Waals surface area contributed by atoms with Crippen LogP contribution < -0.4 is 0 Å². The van der Waals surface area contributed by atoms with E-state index >= 15 is 0 Å². The van der Waals surface area contributed by atoms with Gasteiger partial charge in [-0.3, -0.25) is 0 Å². The fourth-order valence-electron chi connectivity index (χ4n) is 2.90. The number of rotatable bonds is 7. The molecule has 0 saturated heterocycles. The number of esters is 1. The van der Waals surface area contributed by atoms with Gasteiger partial charge in [0.2, 0.25) is 8.32 Å². The Balaban J connectivity index is 4.72. The fourth-order valence-corrected chi connectivity index (χ4v) is 8.29. The number of ether oxygens (including phenoxy) is 1. The van der Waals surface area contributed by atoms with Crippen LogP contribution in [0.1, 0.15) is 41.5 Å². The molecule has 4 heteroatoms. The molecule has 0 aliphatic carbocycles. The predicted molar refractivity (Wildman–Crippen MR) is 78.2 cm³/mol. The van der Waals surface area contributed by atoms with Crippen LogP contribution in [-0.4, -0.2) is 28.0 Å². The molecular weight excluding hydrogens is 244 g/mol. The summed E-state index contributed by atoms with van der Waals surface area (Å²) in [6.07, 6.45) is 3.18. The molecule has 0 rings (SSSR count). The minimum absolute atomic E-state index is 0.329. The van der Waals surface area contributed by atoms with Gasteiger partial charge < -0.3 is 9.16 Å². The lowest BCUT2D eigenvalue weighted by molar-refractivity contribution is -0.134. The van der Waals surface area contributed by atoms with Gasteiger partial charge in [-0.1, -0.05) is 47.6 Å². The Kier molecular flexibility index (Phi) is 7.48. The van der Waals surface area contributed by atoms with Crippen molar-refractivity contribution in [3.8, 4) is 0 Å². The van der Waals surface area contributed by atoms with E-state index in [-0.39, 0.29) is 5.97 Å². The zero-order chi connectivity index (χ0) is 14.3. The summed E-state index contributed by atoms with van der Waals surface area (Å²) in [4.78, 5) is 11.0. The average Bonchev–Trinajstić information content (AvgIpc) is 2.27. The molecule has 106 valence electrons. The quantitative estimate of drug-likeness (QED) is 0.400. The predicted octanol–water partition coefficient (Wildman–Crippen LogP) is 3.91. The van der Waals surface area contributed by atoms with Gasteiger partial charge in [0.05, 0.1) is 13.7 Å². The van der Waals surface area contributed by atoms with E-state index in [2.05, 4.69) is 46.3 Å². The Morgan fingerprint density at radius 2 is 1.50 bits per heavy atom. The molecule has 0 aromatic carbocycles. The molecule has 0 radical (unpaired) electrons. The molecule has 0 amide bonds. The van der Waals surface area contributed by atoms with Gasteiger partial charge >= 0.3 is 5.97 Å². The third-order valence-electron chi connectivity index (χ3n) is 3.59. The van der Waals surface area contributed by atoms with Crippen LogP contribution in [-0.2, 0) is 14.0 Å². The lowest BCUT2D eigenvalue weighted by Crippen LogP contribution is -2.47. The van der Waals surface area contributed by atoms with Gasteiger partial charge in [-0.25, -0.2) is 4.79 Å². The highest BCUT2D eigenvalue weighted by molar-refractivity contribution is 6.77. The zero-order valence-corrected chi connectivity index (χ0v) is 13.8. The van der Waals surface area contributed by atoms with Crippen molar-refractivity contribution in [2.75, 3.05) is 13.7 Å². The van der Waals surface area contributed by atoms with Crippen LogP contribution in [0.4, 0.5) is 0 Å². The average molecular weight is 272 g/mol. The molecule has 0 spiro atoms. The van der Waals surface area contributed by atoms with E-state index < -0.39 is 8.32 Å². The van der Waals surface area contributed by atoms with Crippen LogP contribution in [0.15, 0.2) is 12.2 Å². The van der Waals surface area contributed by atoms with Crippen LogP contribution in [0.25, 0.3) is 0 Å². The Labute approximate surface area is 113 Å². The van der Waals surface area contributed by atoms with E-state index in [1.54, 1.807) is 6.08 Å². The summed E-state index contributed by atoms with van der Waals surface area (Å²) in [5, 5.41) is 0. The van der Waals surface area contributed by atoms with E-state index in [1.807, 2.05) is 0 Å². The minimum Gasteiger partial charge on any atom is -0.466 e. The number of hydrogen-bond acceptors (Lipinski definition) is 3. The zero-order valence-electron chi connectivity index (χ0n) is 12.8. The summed E-state index contributed by atoms with van der Waals surface area (Å²) < 4.78 is 10.8. The molecule has 0 unspecified atom stereocenters. The summed E-state index contributed by atoms with van der Waals surface area (Å²) in [7, 11) is -0.435. The van der Waals surface area contributed by atoms with Crippen molar-refractivity contribution in [1.29, 1.82) is 0 Å². The lowest BCUT2D eigenvalue weighted by atomic mass is 10.5. The van der Waals surface area contributed by atoms with Gasteiger partial charge in [0.1, 0.15) is 0 Å². The molecule has 0 heterocycles. The van der Waals surface area contributed by atoms with Gasteiger partial charge in [0, 0.05) is 6.08 Å². The van der Waals surface area contributed by atoms with Crippen molar-refractivity contribution in [2.24, 2.45) is 0 Å². The number of methoxy groups -OCH3 is 1. The topological polar surface area (TPSA) is 35.5 Å². The first-order valence-corrected chi connectivity index (χ1v) is 8.81. The summed E-state index contributed by atoms with van der Waals surface area (Å²) in [6, 6.07) is 0. The van der Waals surface area contributed by atoms with Gasteiger partial charge in [-0.15, -0.1) is 0 Å². The van der Waals surface area contributed by atoms with Crippen molar-refractivity contribution in [1.82, 2.24) is 0 Å². The maximum absolute atomic E-state index is 11.0. The summed E-state index contributed by atoms with van der Waals surface area (Å²) >= 11 is 0. The molecule has 0 bridgehead atoms. The molecular formula is C14H28O3Si. The highest BCUT2D eigenvalue weighted by Crippen LogP contribution is 2.42. The number of hydrogen-bond donors (Lipinski definition) is 0. The van der Waals surface area contributed by atoms with Crippen molar-refractivity contribution in [2.45, 2.75) is 58.2 Å². The molecule has 0 aliphatic rings. The molecule has 0 aliphatic heterocycles. The Morgan fingerprint density at radius 1 is 1.06 bits per heavy atom. The second kappa shape index (κ2) is 7.74.